The molecule has 1 aliphatic carbocycles. The van der Waals surface area contributed by atoms with E-state index in [1.807, 2.05) is 17.0 Å². The summed E-state index contributed by atoms with van der Waals surface area (Å²) >= 11 is 0. The molecular formula is C16H23N3O. The number of aromatic nitrogens is 1. The van der Waals surface area contributed by atoms with Crippen LogP contribution in [0.15, 0.2) is 24.5 Å². The number of nitrogens with one attached hydrogen (secondary N) is 1. The van der Waals surface area contributed by atoms with Crippen molar-refractivity contribution >= 4 is 5.91 Å². The van der Waals surface area contributed by atoms with Crippen LogP contribution < -0.4 is 5.32 Å². The van der Waals surface area contributed by atoms with Gasteiger partial charge < -0.3 is 10.2 Å². The van der Waals surface area contributed by atoms with Crippen LogP contribution in [0.1, 0.15) is 31.2 Å². The Balaban J connectivity index is 1.41. The van der Waals surface area contributed by atoms with Crippen molar-refractivity contribution in [3.8, 4) is 0 Å². The quantitative estimate of drug-likeness (QED) is 0.886. The van der Waals surface area contributed by atoms with Crippen molar-refractivity contribution in [2.24, 2.45) is 5.92 Å². The summed E-state index contributed by atoms with van der Waals surface area (Å²) < 4.78 is 0. The van der Waals surface area contributed by atoms with Crippen LogP contribution in [-0.2, 0) is 11.2 Å². The number of piperidine rings is 1. The van der Waals surface area contributed by atoms with Crippen LogP contribution in [0.4, 0.5) is 0 Å². The first-order valence-corrected chi connectivity index (χ1v) is 7.71. The highest BCUT2D eigenvalue weighted by atomic mass is 16.2. The van der Waals surface area contributed by atoms with E-state index >= 15 is 0 Å². The third-order valence-electron chi connectivity index (χ3n) is 4.32. The molecule has 1 aromatic heterocycles. The van der Waals surface area contributed by atoms with E-state index in [4.69, 9.17) is 0 Å². The van der Waals surface area contributed by atoms with Crippen molar-refractivity contribution in [2.45, 2.75) is 38.1 Å². The first-order chi connectivity index (χ1) is 9.81. The maximum atomic E-state index is 12.2. The van der Waals surface area contributed by atoms with E-state index in [-0.39, 0.29) is 5.91 Å². The molecule has 1 amide bonds. The summed E-state index contributed by atoms with van der Waals surface area (Å²) in [7, 11) is 0. The molecule has 1 saturated heterocycles. The van der Waals surface area contributed by atoms with Crippen LogP contribution in [0.25, 0.3) is 0 Å². The van der Waals surface area contributed by atoms with Gasteiger partial charge in [-0.25, -0.2) is 0 Å². The topological polar surface area (TPSA) is 45.2 Å². The minimum absolute atomic E-state index is 0.235. The molecule has 1 N–H and O–H groups in total. The summed E-state index contributed by atoms with van der Waals surface area (Å²) in [6.45, 7) is 2.96. The highest BCUT2D eigenvalue weighted by Crippen LogP contribution is 2.28. The SMILES string of the molecule is O=C(Cc1cccnc1)N1CCC(NCC2CC2)CC1. The number of pyridine rings is 1. The average Bonchev–Trinajstić information content (AvgIpc) is 3.31. The summed E-state index contributed by atoms with van der Waals surface area (Å²) in [5.74, 6) is 1.17. The number of hydrogen-bond donors (Lipinski definition) is 1. The first kappa shape index (κ1) is 13.6. The monoisotopic (exact) mass is 273 g/mol. The second kappa shape index (κ2) is 6.35. The Morgan fingerprint density at radius 2 is 2.10 bits per heavy atom. The lowest BCUT2D eigenvalue weighted by Crippen LogP contribution is -2.45. The second-order valence-corrected chi connectivity index (χ2v) is 6.04. The van der Waals surface area contributed by atoms with Crippen molar-refractivity contribution < 1.29 is 4.79 Å². The molecule has 2 fully saturated rings. The molecular weight excluding hydrogens is 250 g/mol. The summed E-state index contributed by atoms with van der Waals surface area (Å²) in [5.41, 5.74) is 1.01. The molecule has 4 nitrogen and oxygen atoms in total. The van der Waals surface area contributed by atoms with Crippen molar-refractivity contribution in [1.29, 1.82) is 0 Å². The lowest BCUT2D eigenvalue weighted by molar-refractivity contribution is -0.131. The van der Waals surface area contributed by atoms with Gasteiger partial charge in [-0.15, -0.1) is 0 Å². The Bertz CT molecular complexity index is 436. The van der Waals surface area contributed by atoms with E-state index in [0.29, 0.717) is 12.5 Å². The Morgan fingerprint density at radius 3 is 2.75 bits per heavy atom. The van der Waals surface area contributed by atoms with Crippen LogP contribution in [-0.4, -0.2) is 41.5 Å². The van der Waals surface area contributed by atoms with Crippen LogP contribution in [0, 0.1) is 5.92 Å². The van der Waals surface area contributed by atoms with Crippen LogP contribution in [0.5, 0.6) is 0 Å². The van der Waals surface area contributed by atoms with Gasteiger partial charge in [0, 0.05) is 31.5 Å². The Hall–Kier alpha value is -1.42. The minimum Gasteiger partial charge on any atom is -0.342 e. The smallest absolute Gasteiger partial charge is 0.227 e. The third kappa shape index (κ3) is 3.79. The largest absolute Gasteiger partial charge is 0.342 e. The van der Waals surface area contributed by atoms with E-state index < -0.39 is 0 Å². The van der Waals surface area contributed by atoms with E-state index in [0.717, 1.165) is 37.4 Å². The predicted octanol–water partition coefficient (Wildman–Crippen LogP) is 1.61. The van der Waals surface area contributed by atoms with Gasteiger partial charge in [-0.3, -0.25) is 9.78 Å². The summed E-state index contributed by atoms with van der Waals surface area (Å²) in [5, 5.41) is 3.64. The third-order valence-corrected chi connectivity index (χ3v) is 4.32. The van der Waals surface area contributed by atoms with Gasteiger partial charge in [0.25, 0.3) is 0 Å². The number of nitrogens with zero attached hydrogens (tertiary/aromatic N) is 2. The molecule has 1 saturated carbocycles. The standard InChI is InChI=1S/C16H23N3O/c20-16(10-14-2-1-7-17-11-14)19-8-5-15(6-9-19)18-12-13-3-4-13/h1-2,7,11,13,15,18H,3-6,8-10,12H2. The molecule has 0 spiro atoms. The van der Waals surface area contributed by atoms with Crippen molar-refractivity contribution in [3.05, 3.63) is 30.1 Å². The van der Waals surface area contributed by atoms with Crippen molar-refractivity contribution in [3.63, 3.8) is 0 Å². The second-order valence-electron chi connectivity index (χ2n) is 6.04. The van der Waals surface area contributed by atoms with Gasteiger partial charge in [-0.1, -0.05) is 6.07 Å². The Morgan fingerprint density at radius 1 is 1.30 bits per heavy atom. The molecule has 2 aliphatic rings. The van der Waals surface area contributed by atoms with Crippen LogP contribution in [0.3, 0.4) is 0 Å². The molecule has 4 heteroatoms. The number of rotatable bonds is 5. The number of likely N-dealkylation sites (tertiary alicyclic amines) is 1. The molecule has 0 aromatic carbocycles. The van der Waals surface area contributed by atoms with E-state index in [1.165, 1.54) is 19.4 Å². The lowest BCUT2D eigenvalue weighted by Gasteiger charge is -2.32. The maximum absolute atomic E-state index is 12.2. The van der Waals surface area contributed by atoms with Crippen LogP contribution >= 0.6 is 0 Å². The molecule has 1 aliphatic heterocycles. The molecule has 3 rings (SSSR count). The zero-order chi connectivity index (χ0) is 13.8. The lowest BCUT2D eigenvalue weighted by atomic mass is 10.0. The molecule has 108 valence electrons. The molecule has 0 radical (unpaired) electrons. The average molecular weight is 273 g/mol. The zero-order valence-electron chi connectivity index (χ0n) is 11.9. The van der Waals surface area contributed by atoms with Gasteiger partial charge in [-0.2, -0.15) is 0 Å². The summed E-state index contributed by atoms with van der Waals surface area (Å²) in [6.07, 6.45) is 8.97. The minimum atomic E-state index is 0.235. The first-order valence-electron chi connectivity index (χ1n) is 7.71. The number of amides is 1. The van der Waals surface area contributed by atoms with E-state index in [1.54, 1.807) is 12.4 Å². The van der Waals surface area contributed by atoms with Gasteiger partial charge in [0.1, 0.15) is 0 Å². The highest BCUT2D eigenvalue weighted by molar-refractivity contribution is 5.78. The fraction of sp³-hybridized carbons (Fsp3) is 0.625. The van der Waals surface area contributed by atoms with Gasteiger partial charge in [0.15, 0.2) is 0 Å². The fourth-order valence-corrected chi connectivity index (χ4v) is 2.78. The van der Waals surface area contributed by atoms with Gasteiger partial charge in [0.05, 0.1) is 6.42 Å². The van der Waals surface area contributed by atoms with Crippen LogP contribution in [0.2, 0.25) is 0 Å². The van der Waals surface area contributed by atoms with Crippen molar-refractivity contribution in [2.75, 3.05) is 19.6 Å². The van der Waals surface area contributed by atoms with Gasteiger partial charge in [-0.05, 0) is 49.8 Å². The summed E-state index contributed by atoms with van der Waals surface area (Å²) in [4.78, 5) is 18.3. The Labute approximate surface area is 120 Å². The van der Waals surface area contributed by atoms with Crippen molar-refractivity contribution in [1.82, 2.24) is 15.2 Å². The van der Waals surface area contributed by atoms with Gasteiger partial charge in [0.2, 0.25) is 5.91 Å². The zero-order valence-corrected chi connectivity index (χ0v) is 11.9. The number of carbonyl (C=O) groups is 1. The Kier molecular flexibility index (Phi) is 4.31. The van der Waals surface area contributed by atoms with E-state index in [9.17, 15) is 4.79 Å². The van der Waals surface area contributed by atoms with E-state index in [2.05, 4.69) is 10.3 Å². The normalized spacial score (nSPS) is 20.1. The molecule has 0 unspecified atom stereocenters. The molecule has 1 aromatic rings. The molecule has 0 bridgehead atoms. The highest BCUT2D eigenvalue weighted by Gasteiger charge is 2.25. The summed E-state index contributed by atoms with van der Waals surface area (Å²) in [6, 6.07) is 4.46. The predicted molar refractivity (Wildman–Crippen MR) is 78.3 cm³/mol. The number of hydrogen-bond acceptors (Lipinski definition) is 3. The molecule has 0 atom stereocenters. The molecule has 20 heavy (non-hydrogen) atoms. The maximum Gasteiger partial charge on any atom is 0.227 e. The fourth-order valence-electron chi connectivity index (χ4n) is 2.78. The number of carbonyl (C=O) groups excluding carboxylic acids is 1. The molecule has 2 heterocycles. The van der Waals surface area contributed by atoms with Gasteiger partial charge >= 0.3 is 0 Å².